The summed E-state index contributed by atoms with van der Waals surface area (Å²) in [6.45, 7) is 2.64. The van der Waals surface area contributed by atoms with Crippen LogP contribution < -0.4 is 26.4 Å². The van der Waals surface area contributed by atoms with Gasteiger partial charge in [0.2, 0.25) is 5.91 Å². The van der Waals surface area contributed by atoms with E-state index in [2.05, 4.69) is 25.9 Å². The zero-order valence-corrected chi connectivity index (χ0v) is 17.4. The normalized spacial score (nSPS) is 18.2. The smallest absolute Gasteiger partial charge is 0.271 e. The number of benzene rings is 1. The van der Waals surface area contributed by atoms with Crippen LogP contribution in [0.4, 0.5) is 11.4 Å². The number of nitrogens with zero attached hydrogens (tertiary/aromatic N) is 2. The van der Waals surface area contributed by atoms with Gasteiger partial charge in [0, 0.05) is 49.2 Å². The molecule has 2 aliphatic rings. The Morgan fingerprint density at radius 1 is 1.23 bits per heavy atom. The van der Waals surface area contributed by atoms with Crippen molar-refractivity contribution in [1.82, 2.24) is 15.6 Å². The van der Waals surface area contributed by atoms with Crippen LogP contribution in [-0.2, 0) is 4.79 Å². The van der Waals surface area contributed by atoms with Crippen LogP contribution in [-0.4, -0.2) is 42.1 Å². The highest BCUT2D eigenvalue weighted by Crippen LogP contribution is 2.22. The van der Waals surface area contributed by atoms with Gasteiger partial charge >= 0.3 is 0 Å². The van der Waals surface area contributed by atoms with Crippen molar-refractivity contribution in [3.63, 3.8) is 0 Å². The van der Waals surface area contributed by atoms with Gasteiger partial charge in [-0.2, -0.15) is 0 Å². The van der Waals surface area contributed by atoms with Crippen LogP contribution in [0.5, 0.6) is 0 Å². The van der Waals surface area contributed by atoms with Gasteiger partial charge in [-0.1, -0.05) is 0 Å². The number of H-pyrrole nitrogens is 1. The fraction of sp³-hybridized carbons (Fsp3) is 0.273. The highest BCUT2D eigenvalue weighted by atomic mass is 16.2. The average molecular weight is 420 g/mol. The lowest BCUT2D eigenvalue weighted by atomic mass is 10.0. The van der Waals surface area contributed by atoms with E-state index in [0.717, 1.165) is 17.8 Å². The van der Waals surface area contributed by atoms with Crippen molar-refractivity contribution >= 4 is 28.9 Å². The van der Waals surface area contributed by atoms with Gasteiger partial charge in [0.05, 0.1) is 11.8 Å². The van der Waals surface area contributed by atoms with Gasteiger partial charge < -0.3 is 25.8 Å². The Morgan fingerprint density at radius 3 is 2.68 bits per heavy atom. The van der Waals surface area contributed by atoms with Crippen molar-refractivity contribution < 1.29 is 9.59 Å². The van der Waals surface area contributed by atoms with Crippen molar-refractivity contribution in [2.75, 3.05) is 23.8 Å². The second-order valence-corrected chi connectivity index (χ2v) is 7.45. The van der Waals surface area contributed by atoms with Crippen molar-refractivity contribution in [3.8, 4) is 0 Å². The molecule has 0 bridgehead atoms. The highest BCUT2D eigenvalue weighted by molar-refractivity contribution is 6.08. The lowest BCUT2D eigenvalue weighted by molar-refractivity contribution is -0.117. The Bertz CT molecular complexity index is 1130. The van der Waals surface area contributed by atoms with Crippen molar-refractivity contribution in [1.29, 1.82) is 0 Å². The molecule has 2 amide bonds. The van der Waals surface area contributed by atoms with Gasteiger partial charge in [-0.15, -0.1) is 0 Å². The van der Waals surface area contributed by atoms with Gasteiger partial charge in [0.25, 0.3) is 11.5 Å². The number of aromatic nitrogens is 1. The third-order valence-electron chi connectivity index (χ3n) is 5.34. The number of amides is 2. The number of aliphatic imine (C=N–C) groups is 1. The maximum Gasteiger partial charge on any atom is 0.271 e. The van der Waals surface area contributed by atoms with E-state index in [-0.39, 0.29) is 17.6 Å². The minimum absolute atomic E-state index is 0.0626. The zero-order valence-electron chi connectivity index (χ0n) is 17.4. The first kappa shape index (κ1) is 20.4. The monoisotopic (exact) mass is 420 g/mol. The minimum Gasteiger partial charge on any atom is -0.380 e. The predicted octanol–water partition coefficient (Wildman–Crippen LogP) is 1.55. The Balaban J connectivity index is 1.54. The van der Waals surface area contributed by atoms with E-state index in [9.17, 15) is 14.4 Å². The Morgan fingerprint density at radius 2 is 2.00 bits per heavy atom. The van der Waals surface area contributed by atoms with E-state index < -0.39 is 11.5 Å². The van der Waals surface area contributed by atoms with Gasteiger partial charge in [0.1, 0.15) is 11.5 Å². The van der Waals surface area contributed by atoms with Crippen molar-refractivity contribution in [2.24, 2.45) is 4.99 Å². The third kappa shape index (κ3) is 4.20. The first-order chi connectivity index (χ1) is 15.0. The summed E-state index contributed by atoms with van der Waals surface area (Å²) in [6.07, 6.45) is 4.75. The van der Waals surface area contributed by atoms with Crippen LogP contribution in [0.25, 0.3) is 0 Å². The third-order valence-corrected chi connectivity index (χ3v) is 5.34. The molecule has 9 heteroatoms. The van der Waals surface area contributed by atoms with E-state index >= 15 is 0 Å². The molecule has 1 saturated heterocycles. The molecular formula is C22H24N6O3. The standard InChI is InChI=1S/C22H24N6O3/c1-13-20(27-18(23-2)12-24-13)15-10-17(22(31)25-11-15)26-21(30)14-5-7-16(8-6-14)28-9-3-4-19(28)29/h5-8,10-13,23-24H,3-4,9H2,1-2H3,(H,25,31)(H,26,30). The fourth-order valence-electron chi connectivity index (χ4n) is 3.62. The number of hydrogen-bond donors (Lipinski definition) is 4. The molecule has 0 radical (unpaired) electrons. The Labute approximate surface area is 179 Å². The molecule has 1 atom stereocenters. The number of aromatic amines is 1. The molecule has 1 fully saturated rings. The van der Waals surface area contributed by atoms with E-state index in [1.807, 2.05) is 6.92 Å². The molecule has 1 unspecified atom stereocenters. The second-order valence-electron chi connectivity index (χ2n) is 7.45. The largest absolute Gasteiger partial charge is 0.380 e. The topological polar surface area (TPSA) is 119 Å². The SMILES string of the molecule is CNC1=CNC(C)C(c2c[nH]c(=O)c(NC(=O)c3ccc(N4CCCC4=O)cc3)c2)=N1. The number of hydrogen-bond acceptors (Lipinski definition) is 6. The number of pyridine rings is 1. The summed E-state index contributed by atoms with van der Waals surface area (Å²) in [5.74, 6) is 0.349. The summed E-state index contributed by atoms with van der Waals surface area (Å²) in [5.41, 5.74) is 2.32. The van der Waals surface area contributed by atoms with E-state index in [4.69, 9.17) is 0 Å². The van der Waals surface area contributed by atoms with Gasteiger partial charge in [-0.25, -0.2) is 4.99 Å². The summed E-state index contributed by atoms with van der Waals surface area (Å²) in [4.78, 5) is 45.8. The molecule has 0 aliphatic carbocycles. The number of nitrogens with one attached hydrogen (secondary N) is 4. The molecule has 31 heavy (non-hydrogen) atoms. The second kappa shape index (κ2) is 8.47. The van der Waals surface area contributed by atoms with Gasteiger partial charge in [0.15, 0.2) is 0 Å². The molecule has 0 saturated carbocycles. The molecule has 0 spiro atoms. The molecule has 4 rings (SSSR count). The summed E-state index contributed by atoms with van der Waals surface area (Å²) >= 11 is 0. The van der Waals surface area contributed by atoms with Crippen LogP contribution in [0.15, 0.2) is 58.3 Å². The van der Waals surface area contributed by atoms with Crippen LogP contribution in [0.1, 0.15) is 35.7 Å². The average Bonchev–Trinajstić information content (AvgIpc) is 3.21. The lowest BCUT2D eigenvalue weighted by Gasteiger charge is -2.21. The maximum absolute atomic E-state index is 12.7. The molecule has 9 nitrogen and oxygen atoms in total. The molecule has 1 aromatic heterocycles. The summed E-state index contributed by atoms with van der Waals surface area (Å²) in [7, 11) is 1.77. The number of anilines is 2. The maximum atomic E-state index is 12.7. The number of carbonyl (C=O) groups is 2. The van der Waals surface area contributed by atoms with E-state index in [1.165, 1.54) is 0 Å². The summed E-state index contributed by atoms with van der Waals surface area (Å²) in [5, 5.41) is 8.85. The lowest BCUT2D eigenvalue weighted by Crippen LogP contribution is -2.36. The van der Waals surface area contributed by atoms with Crippen molar-refractivity contribution in [2.45, 2.75) is 25.8 Å². The van der Waals surface area contributed by atoms with Crippen molar-refractivity contribution in [3.05, 3.63) is 70.0 Å². The molecule has 4 N–H and O–H groups in total. The van der Waals surface area contributed by atoms with Crippen LogP contribution in [0, 0.1) is 0 Å². The van der Waals surface area contributed by atoms with Crippen LogP contribution in [0.2, 0.25) is 0 Å². The summed E-state index contributed by atoms with van der Waals surface area (Å²) < 4.78 is 0. The molecule has 1 aromatic carbocycles. The molecular weight excluding hydrogens is 396 g/mol. The number of rotatable bonds is 5. The van der Waals surface area contributed by atoms with Gasteiger partial charge in [-0.3, -0.25) is 14.4 Å². The first-order valence-corrected chi connectivity index (χ1v) is 10.1. The first-order valence-electron chi connectivity index (χ1n) is 10.1. The number of carbonyl (C=O) groups excluding carboxylic acids is 2. The molecule has 2 aliphatic heterocycles. The molecule has 3 heterocycles. The predicted molar refractivity (Wildman–Crippen MR) is 119 cm³/mol. The minimum atomic E-state index is -0.408. The van der Waals surface area contributed by atoms with E-state index in [0.29, 0.717) is 29.9 Å². The van der Waals surface area contributed by atoms with Crippen LogP contribution in [0.3, 0.4) is 0 Å². The Hall–Kier alpha value is -3.88. The quantitative estimate of drug-likeness (QED) is 0.585. The molecule has 2 aromatic rings. The van der Waals surface area contributed by atoms with Gasteiger partial charge in [-0.05, 0) is 43.7 Å². The fourth-order valence-corrected chi connectivity index (χ4v) is 3.62. The highest BCUT2D eigenvalue weighted by Gasteiger charge is 2.22. The summed E-state index contributed by atoms with van der Waals surface area (Å²) in [6, 6.07) is 8.34. The Kier molecular flexibility index (Phi) is 5.57. The zero-order chi connectivity index (χ0) is 22.0. The van der Waals surface area contributed by atoms with E-state index in [1.54, 1.807) is 54.7 Å². The van der Waals surface area contributed by atoms with Crippen LogP contribution >= 0.6 is 0 Å². The molecule has 160 valence electrons.